The van der Waals surface area contributed by atoms with Crippen molar-refractivity contribution >= 4 is 19.2 Å². The maximum absolute atomic E-state index is 5.91. The number of hydrogen-bond donors (Lipinski definition) is 0. The van der Waals surface area contributed by atoms with E-state index in [9.17, 15) is 0 Å². The third kappa shape index (κ3) is 5.23. The molecule has 0 atom stereocenters. The van der Waals surface area contributed by atoms with Crippen LogP contribution in [0.15, 0.2) is 0 Å². The van der Waals surface area contributed by atoms with Crippen LogP contribution in [0.5, 0.6) is 0 Å². The molecule has 0 N–H and O–H groups in total. The molecule has 0 radical (unpaired) electrons. The molecule has 0 heterocycles. The first-order chi connectivity index (χ1) is 6.24. The average Bonchev–Trinajstić information content (AvgIpc) is 2.15. The van der Waals surface area contributed by atoms with Crippen LogP contribution < -0.4 is 0 Å². The van der Waals surface area contributed by atoms with Crippen LogP contribution in [0.4, 0.5) is 0 Å². The summed E-state index contributed by atoms with van der Waals surface area (Å²) in [5, 5.41) is 0. The molecule has 0 unspecified atom stereocenters. The zero-order valence-corrected chi connectivity index (χ0v) is 12.4. The van der Waals surface area contributed by atoms with Crippen molar-refractivity contribution in [3.05, 3.63) is 0 Å². The Bertz CT molecular complexity index is 111. The summed E-state index contributed by atoms with van der Waals surface area (Å²) in [6.07, 6.45) is 2.52. The molecule has 0 aliphatic rings. The molecule has 0 saturated carbocycles. The summed E-state index contributed by atoms with van der Waals surface area (Å²) in [6.45, 7) is 10.3. The van der Waals surface area contributed by atoms with Gasteiger partial charge in [-0.25, -0.2) is 0 Å². The predicted octanol–water partition coefficient (Wildman–Crippen LogP) is 3.32. The van der Waals surface area contributed by atoms with Crippen LogP contribution in [-0.2, 0) is 6.15 Å². The van der Waals surface area contributed by atoms with E-state index in [2.05, 4.69) is 27.7 Å². The van der Waals surface area contributed by atoms with Gasteiger partial charge in [0.2, 0.25) is 0 Å². The Morgan fingerprint density at radius 3 is 1.77 bits per heavy atom. The van der Waals surface area contributed by atoms with Gasteiger partial charge in [0.05, 0.1) is 0 Å². The Morgan fingerprint density at radius 1 is 0.923 bits per heavy atom. The molecule has 0 spiro atoms. The molecule has 0 saturated heterocycles. The van der Waals surface area contributed by atoms with E-state index in [0.29, 0.717) is 0 Å². The monoisotopic (exact) mass is 296 g/mol. The molecule has 0 aromatic heterocycles. The Balaban J connectivity index is 4.07. The van der Waals surface area contributed by atoms with E-state index in [1.165, 1.54) is 17.3 Å². The van der Waals surface area contributed by atoms with E-state index in [0.717, 1.165) is 17.7 Å². The van der Waals surface area contributed by atoms with Gasteiger partial charge in [-0.05, 0) is 0 Å². The molecule has 0 bridgehead atoms. The predicted molar refractivity (Wildman–Crippen MR) is 59.2 cm³/mol. The fourth-order valence-electron chi connectivity index (χ4n) is 1.54. The number of rotatable bonds is 8. The Kier molecular flexibility index (Phi) is 8.51. The second-order valence-electron chi connectivity index (χ2n) is 3.23. The summed E-state index contributed by atoms with van der Waals surface area (Å²) in [7, 11) is 0. The Morgan fingerprint density at radius 2 is 1.46 bits per heavy atom. The SMILES string of the molecule is CCC[CH2][Sn]([CH2]C)([O]CC)[O]CC. The van der Waals surface area contributed by atoms with Gasteiger partial charge in [0, 0.05) is 0 Å². The van der Waals surface area contributed by atoms with Gasteiger partial charge in [-0.1, -0.05) is 0 Å². The normalized spacial score (nSPS) is 12.0. The number of unbranched alkanes of at least 4 members (excludes halogenated alkanes) is 1. The molecule has 0 aromatic carbocycles. The van der Waals surface area contributed by atoms with Gasteiger partial charge in [0.15, 0.2) is 0 Å². The van der Waals surface area contributed by atoms with Crippen LogP contribution >= 0.6 is 0 Å². The van der Waals surface area contributed by atoms with Gasteiger partial charge in [-0.3, -0.25) is 0 Å². The van der Waals surface area contributed by atoms with Crippen LogP contribution in [0.2, 0.25) is 8.87 Å². The van der Waals surface area contributed by atoms with E-state index in [4.69, 9.17) is 6.15 Å². The van der Waals surface area contributed by atoms with E-state index in [1.807, 2.05) is 0 Å². The van der Waals surface area contributed by atoms with E-state index >= 15 is 0 Å². The van der Waals surface area contributed by atoms with Crippen molar-refractivity contribution in [1.82, 2.24) is 0 Å². The van der Waals surface area contributed by atoms with Gasteiger partial charge in [0.1, 0.15) is 0 Å². The van der Waals surface area contributed by atoms with Crippen molar-refractivity contribution in [2.45, 2.75) is 49.4 Å². The number of hydrogen-bond acceptors (Lipinski definition) is 2. The van der Waals surface area contributed by atoms with Gasteiger partial charge < -0.3 is 0 Å². The summed E-state index contributed by atoms with van der Waals surface area (Å²) < 4.78 is 14.2. The average molecular weight is 295 g/mol. The molecule has 0 rings (SSSR count). The molecule has 0 aromatic rings. The molecular weight excluding hydrogens is 271 g/mol. The summed E-state index contributed by atoms with van der Waals surface area (Å²) in [4.78, 5) is 0. The van der Waals surface area contributed by atoms with Crippen LogP contribution in [0.25, 0.3) is 0 Å². The summed E-state index contributed by atoms with van der Waals surface area (Å²) >= 11 is -2.55. The molecule has 2 nitrogen and oxygen atoms in total. The first kappa shape index (κ1) is 13.7. The van der Waals surface area contributed by atoms with Crippen molar-refractivity contribution in [2.24, 2.45) is 0 Å². The fourth-order valence-corrected chi connectivity index (χ4v) is 10.3. The summed E-state index contributed by atoms with van der Waals surface area (Å²) in [6, 6.07) is 0. The van der Waals surface area contributed by atoms with Crippen molar-refractivity contribution in [1.29, 1.82) is 0 Å². The summed E-state index contributed by atoms with van der Waals surface area (Å²) in [5.41, 5.74) is 0. The first-order valence-electron chi connectivity index (χ1n) is 5.52. The fraction of sp³-hybridized carbons (Fsp3) is 1.00. The standard InChI is InChI=1S/C4H9.2C2H5O.C2H5.Sn/c1-3-4-2;2*1-2-3;1-2;/h1,3-4H2,2H3;2*2H2,1H3;1H2,2H3;/q;2*-1;;+2. The Hall–Kier alpha value is 0.719. The molecule has 3 heteroatoms. The third-order valence-electron chi connectivity index (χ3n) is 2.26. The van der Waals surface area contributed by atoms with Gasteiger partial charge in [-0.15, -0.1) is 0 Å². The van der Waals surface area contributed by atoms with Crippen molar-refractivity contribution in [2.75, 3.05) is 13.2 Å². The Labute approximate surface area is 88.0 Å². The quantitative estimate of drug-likeness (QED) is 0.640. The second kappa shape index (κ2) is 8.06. The van der Waals surface area contributed by atoms with Gasteiger partial charge in [-0.2, -0.15) is 0 Å². The van der Waals surface area contributed by atoms with Crippen molar-refractivity contribution in [3.63, 3.8) is 0 Å². The molecule has 80 valence electrons. The van der Waals surface area contributed by atoms with Crippen LogP contribution in [-0.4, -0.2) is 32.4 Å². The van der Waals surface area contributed by atoms with E-state index in [-0.39, 0.29) is 0 Å². The summed E-state index contributed by atoms with van der Waals surface area (Å²) in [5.74, 6) is 0. The molecule has 13 heavy (non-hydrogen) atoms. The minimum atomic E-state index is -2.55. The molecule has 0 aliphatic carbocycles. The van der Waals surface area contributed by atoms with Crippen LogP contribution in [0, 0.1) is 0 Å². The van der Waals surface area contributed by atoms with E-state index < -0.39 is 19.2 Å². The van der Waals surface area contributed by atoms with Crippen molar-refractivity contribution in [3.8, 4) is 0 Å². The first-order valence-corrected chi connectivity index (χ1v) is 11.9. The zero-order valence-electron chi connectivity index (χ0n) is 9.56. The zero-order chi connectivity index (χ0) is 10.2. The molecular formula is C10H24O2Sn. The van der Waals surface area contributed by atoms with Crippen LogP contribution in [0.1, 0.15) is 40.5 Å². The minimum absolute atomic E-state index is 0.827. The third-order valence-corrected chi connectivity index (χ3v) is 13.2. The molecule has 0 fully saturated rings. The molecule has 0 amide bonds. The topological polar surface area (TPSA) is 18.5 Å². The maximum atomic E-state index is 5.91. The molecule has 0 aliphatic heterocycles. The van der Waals surface area contributed by atoms with Gasteiger partial charge in [0.25, 0.3) is 0 Å². The van der Waals surface area contributed by atoms with E-state index in [1.54, 1.807) is 0 Å². The van der Waals surface area contributed by atoms with Crippen LogP contribution in [0.3, 0.4) is 0 Å². The van der Waals surface area contributed by atoms with Crippen molar-refractivity contribution < 1.29 is 6.15 Å². The van der Waals surface area contributed by atoms with Gasteiger partial charge >= 0.3 is 88.0 Å². The second-order valence-corrected chi connectivity index (χ2v) is 13.5.